The molecular weight excluding hydrogens is 276 g/mol. The highest BCUT2D eigenvalue weighted by Crippen LogP contribution is 2.32. The number of hydrogen-bond acceptors (Lipinski definition) is 4. The number of carbonyl (C=O) groups is 3. The van der Waals surface area contributed by atoms with E-state index in [1.165, 1.54) is 17.7 Å². The summed E-state index contributed by atoms with van der Waals surface area (Å²) in [4.78, 5) is 38.7. The van der Waals surface area contributed by atoms with Crippen molar-refractivity contribution in [3.63, 3.8) is 0 Å². The van der Waals surface area contributed by atoms with Crippen LogP contribution in [0.2, 0.25) is 0 Å². The summed E-state index contributed by atoms with van der Waals surface area (Å²) >= 11 is 0. The van der Waals surface area contributed by atoms with Crippen LogP contribution in [0.5, 0.6) is 0 Å². The third-order valence-corrected chi connectivity index (χ3v) is 4.39. The molecule has 1 N–H and O–H groups in total. The molecule has 0 aromatic heterocycles. The molecule has 2 unspecified atom stereocenters. The normalized spacial score (nSPS) is 29.8. The summed E-state index contributed by atoms with van der Waals surface area (Å²) in [5.41, 5.74) is 0. The lowest BCUT2D eigenvalue weighted by Gasteiger charge is -2.32. The number of likely N-dealkylation sites (tertiary alicyclic amines) is 1. The van der Waals surface area contributed by atoms with E-state index in [2.05, 4.69) is 0 Å². The molecule has 3 aliphatic rings. The van der Waals surface area contributed by atoms with Crippen LogP contribution in [0, 0.1) is 11.8 Å². The van der Waals surface area contributed by atoms with Crippen molar-refractivity contribution in [1.29, 1.82) is 0 Å². The van der Waals surface area contributed by atoms with Crippen LogP contribution in [0.15, 0.2) is 0 Å². The van der Waals surface area contributed by atoms with Crippen LogP contribution in [0.25, 0.3) is 0 Å². The molecule has 0 radical (unpaired) electrons. The number of carbonyl (C=O) groups excluding carboxylic acids is 2. The molecule has 3 fully saturated rings. The molecule has 116 valence electrons. The van der Waals surface area contributed by atoms with Crippen molar-refractivity contribution in [3.05, 3.63) is 0 Å². The molecule has 3 rings (SSSR count). The molecule has 2 atom stereocenters. The fourth-order valence-electron chi connectivity index (χ4n) is 2.98. The fourth-order valence-corrected chi connectivity index (χ4v) is 2.98. The maximum absolute atomic E-state index is 12.5. The number of nitrogens with zero attached hydrogens (tertiary/aromatic N) is 2. The summed E-state index contributed by atoms with van der Waals surface area (Å²) in [6.45, 7) is 1.94. The SMILES string of the molecule is O=C(O)C1CN(C(=O)C2CC(=O)N(CC3CC3)C2)CCO1. The first-order valence-electron chi connectivity index (χ1n) is 7.45. The lowest BCUT2D eigenvalue weighted by molar-refractivity contribution is -0.160. The van der Waals surface area contributed by atoms with Crippen LogP contribution in [-0.2, 0) is 19.1 Å². The molecule has 7 heteroatoms. The van der Waals surface area contributed by atoms with Gasteiger partial charge in [0, 0.05) is 26.1 Å². The van der Waals surface area contributed by atoms with E-state index in [-0.39, 0.29) is 37.3 Å². The average molecular weight is 296 g/mol. The van der Waals surface area contributed by atoms with Crippen LogP contribution in [0.3, 0.4) is 0 Å². The third kappa shape index (κ3) is 3.18. The Labute approximate surface area is 122 Å². The Kier molecular flexibility index (Phi) is 3.84. The molecular formula is C14H20N2O5. The smallest absolute Gasteiger partial charge is 0.334 e. The van der Waals surface area contributed by atoms with Crippen molar-refractivity contribution < 1.29 is 24.2 Å². The molecule has 2 heterocycles. The van der Waals surface area contributed by atoms with E-state index in [9.17, 15) is 14.4 Å². The van der Waals surface area contributed by atoms with Crippen molar-refractivity contribution in [3.8, 4) is 0 Å². The second-order valence-corrected chi connectivity index (χ2v) is 6.13. The van der Waals surface area contributed by atoms with Gasteiger partial charge in [-0.1, -0.05) is 0 Å². The summed E-state index contributed by atoms with van der Waals surface area (Å²) in [7, 11) is 0. The van der Waals surface area contributed by atoms with Gasteiger partial charge in [0.25, 0.3) is 0 Å². The van der Waals surface area contributed by atoms with Crippen LogP contribution < -0.4 is 0 Å². The minimum Gasteiger partial charge on any atom is -0.479 e. The lowest BCUT2D eigenvalue weighted by atomic mass is 10.1. The summed E-state index contributed by atoms with van der Waals surface area (Å²) in [5, 5.41) is 8.97. The maximum atomic E-state index is 12.5. The van der Waals surface area contributed by atoms with Crippen LogP contribution in [0.1, 0.15) is 19.3 Å². The molecule has 0 aromatic rings. The van der Waals surface area contributed by atoms with Crippen molar-refractivity contribution in [2.45, 2.75) is 25.4 Å². The third-order valence-electron chi connectivity index (χ3n) is 4.39. The monoisotopic (exact) mass is 296 g/mol. The number of hydrogen-bond donors (Lipinski definition) is 1. The zero-order valence-corrected chi connectivity index (χ0v) is 11.9. The van der Waals surface area contributed by atoms with E-state index in [0.29, 0.717) is 19.0 Å². The topological polar surface area (TPSA) is 87.2 Å². The zero-order valence-electron chi connectivity index (χ0n) is 11.9. The quantitative estimate of drug-likeness (QED) is 0.760. The minimum absolute atomic E-state index is 0.0447. The lowest BCUT2D eigenvalue weighted by Crippen LogP contribution is -2.50. The van der Waals surface area contributed by atoms with E-state index in [1.54, 1.807) is 4.90 Å². The van der Waals surface area contributed by atoms with E-state index in [1.807, 2.05) is 0 Å². The summed E-state index contributed by atoms with van der Waals surface area (Å²) in [6.07, 6.45) is 1.64. The van der Waals surface area contributed by atoms with Gasteiger partial charge in [-0.25, -0.2) is 4.79 Å². The van der Waals surface area contributed by atoms with Crippen molar-refractivity contribution in [2.24, 2.45) is 11.8 Å². The molecule has 2 saturated heterocycles. The first kappa shape index (κ1) is 14.3. The molecule has 0 bridgehead atoms. The maximum Gasteiger partial charge on any atom is 0.334 e. The zero-order chi connectivity index (χ0) is 15.0. The highest BCUT2D eigenvalue weighted by molar-refractivity contribution is 5.89. The average Bonchev–Trinajstić information content (AvgIpc) is 3.21. The van der Waals surface area contributed by atoms with Crippen molar-refractivity contribution >= 4 is 17.8 Å². The predicted molar refractivity (Wildman–Crippen MR) is 71.4 cm³/mol. The second kappa shape index (κ2) is 5.63. The van der Waals surface area contributed by atoms with Crippen LogP contribution >= 0.6 is 0 Å². The Morgan fingerprint density at radius 3 is 2.71 bits per heavy atom. The van der Waals surface area contributed by atoms with Gasteiger partial charge in [-0.15, -0.1) is 0 Å². The molecule has 0 aromatic carbocycles. The number of carboxylic acid groups (broad SMARTS) is 1. The number of rotatable bonds is 4. The van der Waals surface area contributed by atoms with E-state index >= 15 is 0 Å². The Hall–Kier alpha value is -1.63. The number of morpholine rings is 1. The number of carboxylic acids is 1. The largest absolute Gasteiger partial charge is 0.479 e. The summed E-state index contributed by atoms with van der Waals surface area (Å²) < 4.78 is 5.11. The molecule has 7 nitrogen and oxygen atoms in total. The summed E-state index contributed by atoms with van der Waals surface area (Å²) in [5.74, 6) is -0.837. The fraction of sp³-hybridized carbons (Fsp3) is 0.786. The first-order valence-corrected chi connectivity index (χ1v) is 7.45. The Balaban J connectivity index is 1.57. The molecule has 0 spiro atoms. The van der Waals surface area contributed by atoms with E-state index < -0.39 is 12.1 Å². The first-order chi connectivity index (χ1) is 10.0. The van der Waals surface area contributed by atoms with Crippen molar-refractivity contribution in [1.82, 2.24) is 9.80 Å². The minimum atomic E-state index is -1.05. The van der Waals surface area contributed by atoms with E-state index in [0.717, 1.165) is 6.54 Å². The van der Waals surface area contributed by atoms with Crippen molar-refractivity contribution in [2.75, 3.05) is 32.8 Å². The number of ether oxygens (including phenoxy) is 1. The molecule has 1 saturated carbocycles. The summed E-state index contributed by atoms with van der Waals surface area (Å²) in [6, 6.07) is 0. The van der Waals surface area contributed by atoms with Gasteiger partial charge in [0.05, 0.1) is 19.1 Å². The van der Waals surface area contributed by atoms with Gasteiger partial charge in [0.15, 0.2) is 6.10 Å². The van der Waals surface area contributed by atoms with Gasteiger partial charge < -0.3 is 19.6 Å². The van der Waals surface area contributed by atoms with Crippen LogP contribution in [-0.4, -0.2) is 71.6 Å². The highest BCUT2D eigenvalue weighted by Gasteiger charge is 2.40. The molecule has 21 heavy (non-hydrogen) atoms. The number of aliphatic carboxylic acids is 1. The van der Waals surface area contributed by atoms with Crippen LogP contribution in [0.4, 0.5) is 0 Å². The van der Waals surface area contributed by atoms with Gasteiger partial charge in [0.1, 0.15) is 0 Å². The van der Waals surface area contributed by atoms with Gasteiger partial charge in [-0.2, -0.15) is 0 Å². The molecule has 2 aliphatic heterocycles. The van der Waals surface area contributed by atoms with Gasteiger partial charge >= 0.3 is 5.97 Å². The van der Waals surface area contributed by atoms with E-state index in [4.69, 9.17) is 9.84 Å². The Bertz CT molecular complexity index is 462. The Morgan fingerprint density at radius 2 is 2.05 bits per heavy atom. The Morgan fingerprint density at radius 1 is 1.29 bits per heavy atom. The van der Waals surface area contributed by atoms with Gasteiger partial charge in [-0.3, -0.25) is 9.59 Å². The highest BCUT2D eigenvalue weighted by atomic mass is 16.5. The standard InChI is InChI=1S/C14H20N2O5/c17-12-5-10(7-16(12)6-9-1-2-9)13(18)15-3-4-21-11(8-15)14(19)20/h9-11H,1-8H2,(H,19,20). The second-order valence-electron chi connectivity index (χ2n) is 6.13. The van der Waals surface area contributed by atoms with Gasteiger partial charge in [0.2, 0.25) is 11.8 Å². The number of amides is 2. The predicted octanol–water partition coefficient (Wildman–Crippen LogP) is -0.443. The molecule has 2 amide bonds. The molecule has 1 aliphatic carbocycles. The van der Waals surface area contributed by atoms with Gasteiger partial charge in [-0.05, 0) is 18.8 Å².